The van der Waals surface area contributed by atoms with Crippen LogP contribution in [0, 0.1) is 5.82 Å². The molecule has 8 nitrogen and oxygen atoms in total. The molecule has 1 aliphatic rings. The monoisotopic (exact) mass is 542 g/mol. The fraction of sp³-hybridized carbons (Fsp3) is 0.222. The largest absolute Gasteiger partial charge is 0.411 e. The number of alkyl halides is 3. The molecule has 4 aromatic rings. The number of aromatic nitrogens is 2. The molecule has 202 valence electrons. The molecule has 0 aliphatic heterocycles. The third-order valence-corrected chi connectivity index (χ3v) is 6.30. The van der Waals surface area contributed by atoms with Gasteiger partial charge in [0.15, 0.2) is 0 Å². The number of nitrogens with zero attached hydrogens (tertiary/aromatic N) is 2. The summed E-state index contributed by atoms with van der Waals surface area (Å²) >= 11 is 0. The van der Waals surface area contributed by atoms with Gasteiger partial charge in [-0.2, -0.15) is 13.2 Å². The smallest absolute Gasteiger partial charge is 0.390 e. The van der Waals surface area contributed by atoms with Gasteiger partial charge in [0.05, 0.1) is 30.6 Å². The van der Waals surface area contributed by atoms with Crippen LogP contribution in [0.15, 0.2) is 67.0 Å². The highest BCUT2D eigenvalue weighted by Gasteiger charge is 2.32. The predicted molar refractivity (Wildman–Crippen MR) is 132 cm³/mol. The fourth-order valence-electron chi connectivity index (χ4n) is 4.48. The van der Waals surface area contributed by atoms with Gasteiger partial charge >= 0.3 is 6.18 Å². The zero-order chi connectivity index (χ0) is 27.7. The van der Waals surface area contributed by atoms with E-state index in [1.807, 2.05) is 18.2 Å². The molecule has 2 unspecified atom stereocenters. The standard InChI is InChI=1S/C27H22F4N4O4/c28-19-7-6-17(25(37)34-24-18-4-2-1-3-16(18)10-22(24)36)9-20(19)33-26(38)21-11-32-23-8-5-15(12-35(21)23)13-39-14-27(29,30)31/h1-9,11-12,22,24,36H,10,13-14H2,(H,33,38)(H,34,37). The molecule has 3 N–H and O–H groups in total. The lowest BCUT2D eigenvalue weighted by molar-refractivity contribution is -0.176. The molecule has 0 bridgehead atoms. The van der Waals surface area contributed by atoms with Crippen LogP contribution in [0.5, 0.6) is 0 Å². The van der Waals surface area contributed by atoms with Crippen LogP contribution < -0.4 is 10.6 Å². The maximum atomic E-state index is 14.6. The summed E-state index contributed by atoms with van der Waals surface area (Å²) in [4.78, 5) is 30.0. The molecule has 2 amide bonds. The van der Waals surface area contributed by atoms with Crippen LogP contribution in [0.1, 0.15) is 43.6 Å². The number of ether oxygens (including phenoxy) is 1. The maximum absolute atomic E-state index is 14.6. The maximum Gasteiger partial charge on any atom is 0.411 e. The highest BCUT2D eigenvalue weighted by atomic mass is 19.4. The molecule has 2 atom stereocenters. The van der Waals surface area contributed by atoms with E-state index in [2.05, 4.69) is 20.4 Å². The number of nitrogens with one attached hydrogen (secondary N) is 2. The van der Waals surface area contributed by atoms with Crippen molar-refractivity contribution < 1.29 is 37.0 Å². The molecule has 39 heavy (non-hydrogen) atoms. The Bertz CT molecular complexity index is 1550. The lowest BCUT2D eigenvalue weighted by Gasteiger charge is -2.18. The molecule has 2 aromatic carbocycles. The molecule has 1 aliphatic carbocycles. The first-order valence-corrected chi connectivity index (χ1v) is 11.9. The van der Waals surface area contributed by atoms with Gasteiger partial charge in [-0.05, 0) is 41.0 Å². The number of amides is 2. The van der Waals surface area contributed by atoms with E-state index >= 15 is 0 Å². The first-order chi connectivity index (χ1) is 18.6. The quantitative estimate of drug-likeness (QED) is 0.304. The van der Waals surface area contributed by atoms with Crippen molar-refractivity contribution in [3.05, 3.63) is 101 Å². The highest BCUT2D eigenvalue weighted by Crippen LogP contribution is 2.31. The van der Waals surface area contributed by atoms with Crippen LogP contribution in [-0.2, 0) is 17.8 Å². The van der Waals surface area contributed by atoms with E-state index in [9.17, 15) is 32.3 Å². The van der Waals surface area contributed by atoms with E-state index < -0.39 is 42.6 Å². The molecule has 5 rings (SSSR count). The number of fused-ring (bicyclic) bond motifs is 2. The highest BCUT2D eigenvalue weighted by molar-refractivity contribution is 6.04. The number of anilines is 1. The second-order valence-electron chi connectivity index (χ2n) is 9.09. The zero-order valence-electron chi connectivity index (χ0n) is 20.2. The van der Waals surface area contributed by atoms with E-state index in [1.54, 1.807) is 6.07 Å². The van der Waals surface area contributed by atoms with E-state index in [4.69, 9.17) is 0 Å². The second kappa shape index (κ2) is 10.5. The Morgan fingerprint density at radius 2 is 1.90 bits per heavy atom. The molecular formula is C27H22F4N4O4. The molecule has 0 saturated carbocycles. The number of hydrogen-bond acceptors (Lipinski definition) is 5. The minimum absolute atomic E-state index is 0.0115. The van der Waals surface area contributed by atoms with Gasteiger partial charge in [-0.25, -0.2) is 9.37 Å². The Balaban J connectivity index is 1.31. The average Bonchev–Trinajstić information content (AvgIpc) is 3.45. The van der Waals surface area contributed by atoms with Crippen molar-refractivity contribution in [2.45, 2.75) is 31.3 Å². The topological polar surface area (TPSA) is 105 Å². The van der Waals surface area contributed by atoms with Gasteiger partial charge in [0.25, 0.3) is 11.8 Å². The SMILES string of the molecule is O=C(NC1c2ccccc2CC1O)c1ccc(F)c(NC(=O)c2cnc3ccc(COCC(F)(F)F)cn23)c1. The van der Waals surface area contributed by atoms with Crippen LogP contribution in [-0.4, -0.2) is 45.2 Å². The molecule has 0 saturated heterocycles. The number of aliphatic hydroxyl groups excluding tert-OH is 1. The summed E-state index contributed by atoms with van der Waals surface area (Å²) in [7, 11) is 0. The minimum atomic E-state index is -4.47. The van der Waals surface area contributed by atoms with Crippen LogP contribution in [0.2, 0.25) is 0 Å². The lowest BCUT2D eigenvalue weighted by atomic mass is 10.1. The first-order valence-electron chi connectivity index (χ1n) is 11.9. The van der Waals surface area contributed by atoms with Crippen LogP contribution in [0.4, 0.5) is 23.2 Å². The summed E-state index contributed by atoms with van der Waals surface area (Å²) in [6, 6.07) is 13.2. The van der Waals surface area contributed by atoms with Crippen molar-refractivity contribution in [1.29, 1.82) is 0 Å². The molecule has 0 fully saturated rings. The van der Waals surface area contributed by atoms with Crippen LogP contribution in [0.25, 0.3) is 5.65 Å². The molecule has 0 spiro atoms. The zero-order valence-corrected chi connectivity index (χ0v) is 20.2. The fourth-order valence-corrected chi connectivity index (χ4v) is 4.48. The summed E-state index contributed by atoms with van der Waals surface area (Å²) in [5.74, 6) is -2.11. The summed E-state index contributed by atoms with van der Waals surface area (Å²) in [5, 5.41) is 15.6. The van der Waals surface area contributed by atoms with Crippen molar-refractivity contribution >= 4 is 23.1 Å². The van der Waals surface area contributed by atoms with Gasteiger partial charge in [0.2, 0.25) is 0 Å². The number of rotatable bonds is 7. The number of carbonyl (C=O) groups excluding carboxylic acids is 2. The second-order valence-corrected chi connectivity index (χ2v) is 9.09. The third-order valence-electron chi connectivity index (χ3n) is 6.30. The van der Waals surface area contributed by atoms with E-state index in [0.29, 0.717) is 17.6 Å². The van der Waals surface area contributed by atoms with Gasteiger partial charge < -0.3 is 20.5 Å². The lowest BCUT2D eigenvalue weighted by Crippen LogP contribution is -2.34. The molecule has 0 radical (unpaired) electrons. The summed E-state index contributed by atoms with van der Waals surface area (Å²) < 4.78 is 57.7. The number of carbonyl (C=O) groups is 2. The molecule has 2 heterocycles. The van der Waals surface area contributed by atoms with E-state index in [-0.39, 0.29) is 23.6 Å². The molecule has 12 heteroatoms. The minimum Gasteiger partial charge on any atom is -0.390 e. The molecule has 2 aromatic heterocycles. The van der Waals surface area contributed by atoms with E-state index in [0.717, 1.165) is 17.2 Å². The summed E-state index contributed by atoms with van der Waals surface area (Å²) in [6.07, 6.45) is -2.26. The Hall–Kier alpha value is -4.29. The Labute approximate surface area is 219 Å². The Morgan fingerprint density at radius 3 is 2.69 bits per heavy atom. The number of halogens is 4. The number of pyridine rings is 1. The van der Waals surface area contributed by atoms with Crippen molar-refractivity contribution in [1.82, 2.24) is 14.7 Å². The van der Waals surface area contributed by atoms with Crippen molar-refractivity contribution in [2.24, 2.45) is 0 Å². The van der Waals surface area contributed by atoms with Gasteiger partial charge in [-0.3, -0.25) is 14.0 Å². The van der Waals surface area contributed by atoms with Gasteiger partial charge in [0, 0.05) is 18.2 Å². The average molecular weight is 542 g/mol. The Kier molecular flexibility index (Phi) is 7.06. The van der Waals surface area contributed by atoms with Crippen molar-refractivity contribution in [2.75, 3.05) is 11.9 Å². The first kappa shape index (κ1) is 26.3. The third kappa shape index (κ3) is 5.76. The van der Waals surface area contributed by atoms with Crippen molar-refractivity contribution in [3.8, 4) is 0 Å². The van der Waals surface area contributed by atoms with Crippen LogP contribution in [0.3, 0.4) is 0 Å². The van der Waals surface area contributed by atoms with Crippen molar-refractivity contribution in [3.63, 3.8) is 0 Å². The molecular weight excluding hydrogens is 520 g/mol. The predicted octanol–water partition coefficient (Wildman–Crippen LogP) is 4.19. The normalized spacial score (nSPS) is 16.7. The number of imidazole rings is 1. The number of hydrogen-bond donors (Lipinski definition) is 3. The summed E-state index contributed by atoms with van der Waals surface area (Å²) in [5.41, 5.74) is 2.20. The Morgan fingerprint density at radius 1 is 1.10 bits per heavy atom. The number of benzene rings is 2. The number of aliphatic hydroxyl groups is 1. The van der Waals surface area contributed by atoms with Gasteiger partial charge in [0.1, 0.15) is 23.8 Å². The van der Waals surface area contributed by atoms with Gasteiger partial charge in [-0.1, -0.05) is 30.3 Å². The van der Waals surface area contributed by atoms with E-state index in [1.165, 1.54) is 41.1 Å². The van der Waals surface area contributed by atoms with Gasteiger partial charge in [-0.15, -0.1) is 0 Å². The summed E-state index contributed by atoms with van der Waals surface area (Å²) in [6.45, 7) is -1.77. The van der Waals surface area contributed by atoms with Crippen LogP contribution >= 0.6 is 0 Å².